The van der Waals surface area contributed by atoms with E-state index in [1.54, 1.807) is 42.5 Å². The molecule has 0 bridgehead atoms. The molecule has 0 atom stereocenters. The first-order valence-electron chi connectivity index (χ1n) is 10.6. The Morgan fingerprint density at radius 3 is 2.26 bits per heavy atom. The normalized spacial score (nSPS) is 16.0. The van der Waals surface area contributed by atoms with E-state index in [1.165, 1.54) is 0 Å². The summed E-state index contributed by atoms with van der Waals surface area (Å²) in [7, 11) is 0. The molecule has 1 aliphatic heterocycles. The second-order valence-corrected chi connectivity index (χ2v) is 9.12. The summed E-state index contributed by atoms with van der Waals surface area (Å²) in [5, 5.41) is 9.92. The smallest absolute Gasteiger partial charge is 0.410 e. The van der Waals surface area contributed by atoms with Crippen molar-refractivity contribution in [3.8, 4) is 11.1 Å². The number of ether oxygens (including phenoxy) is 1. The van der Waals surface area contributed by atoms with Crippen LogP contribution in [0.25, 0.3) is 11.1 Å². The summed E-state index contributed by atoms with van der Waals surface area (Å²) in [6.07, 6.45) is 2.29. The fourth-order valence-corrected chi connectivity index (χ4v) is 3.85. The highest BCUT2D eigenvalue weighted by Crippen LogP contribution is 2.36. The van der Waals surface area contributed by atoms with E-state index in [2.05, 4.69) is 0 Å². The summed E-state index contributed by atoms with van der Waals surface area (Å²) in [6, 6.07) is 13.1. The number of carboxylic acid groups (broad SMARTS) is 1. The van der Waals surface area contributed by atoms with Gasteiger partial charge in [-0.05, 0) is 57.2 Å². The molecule has 7 heteroatoms. The van der Waals surface area contributed by atoms with Crippen molar-refractivity contribution in [1.82, 2.24) is 9.47 Å². The molecule has 1 amide bonds. The molecular formula is C24H30N2O5. The summed E-state index contributed by atoms with van der Waals surface area (Å²) in [5.41, 5.74) is 0.0819. The van der Waals surface area contributed by atoms with E-state index >= 15 is 0 Å². The Hall–Kier alpha value is -3.09. The first-order valence-corrected chi connectivity index (χ1v) is 10.6. The van der Waals surface area contributed by atoms with Gasteiger partial charge in [0.25, 0.3) is 5.56 Å². The van der Waals surface area contributed by atoms with Gasteiger partial charge in [-0.25, -0.2) is 4.79 Å². The molecule has 0 radical (unpaired) electrons. The van der Waals surface area contributed by atoms with Gasteiger partial charge in [0.05, 0.1) is 5.41 Å². The van der Waals surface area contributed by atoms with Crippen LogP contribution in [0.5, 0.6) is 0 Å². The fraction of sp³-hybridized carbons (Fsp3) is 0.458. The number of nitrogens with zero attached hydrogens (tertiary/aromatic N) is 2. The molecule has 1 saturated heterocycles. The standard InChI is InChI=1S/C24H30N2O5/c1-23(2,3)31-22(30)26-15-11-24(12-16-26,21(28)29)10-14-25-13-9-19(17-20(25)27)18-7-5-4-6-8-18/h4-9,13,17H,10-12,14-16H2,1-3H3,(H,28,29). The minimum atomic E-state index is -0.962. The number of carbonyl (C=O) groups excluding carboxylic acids is 1. The molecule has 1 N–H and O–H groups in total. The highest BCUT2D eigenvalue weighted by atomic mass is 16.6. The summed E-state index contributed by atoms with van der Waals surface area (Å²) in [5.74, 6) is -0.884. The van der Waals surface area contributed by atoms with Gasteiger partial charge in [0.2, 0.25) is 0 Å². The molecule has 3 rings (SSSR count). The lowest BCUT2D eigenvalue weighted by atomic mass is 9.75. The van der Waals surface area contributed by atoms with E-state index in [4.69, 9.17) is 4.74 Å². The van der Waals surface area contributed by atoms with Gasteiger partial charge in [-0.3, -0.25) is 9.59 Å². The number of hydrogen-bond donors (Lipinski definition) is 1. The van der Waals surface area contributed by atoms with Gasteiger partial charge < -0.3 is 19.3 Å². The molecule has 7 nitrogen and oxygen atoms in total. The maximum atomic E-state index is 12.6. The highest BCUT2D eigenvalue weighted by molar-refractivity contribution is 5.75. The van der Waals surface area contributed by atoms with E-state index in [0.29, 0.717) is 38.9 Å². The largest absolute Gasteiger partial charge is 0.481 e. The van der Waals surface area contributed by atoms with Gasteiger partial charge in [-0.2, -0.15) is 0 Å². The van der Waals surface area contributed by atoms with Crippen molar-refractivity contribution >= 4 is 12.1 Å². The molecule has 1 aliphatic rings. The van der Waals surface area contributed by atoms with Crippen molar-refractivity contribution in [1.29, 1.82) is 0 Å². The number of carboxylic acids is 1. The van der Waals surface area contributed by atoms with Crippen LogP contribution in [0.2, 0.25) is 0 Å². The van der Waals surface area contributed by atoms with Crippen LogP contribution in [0, 0.1) is 5.41 Å². The average molecular weight is 427 g/mol. The Labute approximate surface area is 182 Å². The number of aliphatic carboxylic acids is 1. The predicted octanol–water partition coefficient (Wildman–Crippen LogP) is 4.01. The zero-order valence-electron chi connectivity index (χ0n) is 18.3. The Bertz CT molecular complexity index is 983. The molecule has 0 aliphatic carbocycles. The molecule has 1 aromatic heterocycles. The third-order valence-corrected chi connectivity index (χ3v) is 5.76. The number of piperidine rings is 1. The molecule has 31 heavy (non-hydrogen) atoms. The van der Waals surface area contributed by atoms with Gasteiger partial charge >= 0.3 is 12.1 Å². The van der Waals surface area contributed by atoms with Crippen molar-refractivity contribution < 1.29 is 19.4 Å². The summed E-state index contributed by atoms with van der Waals surface area (Å²) in [6.45, 7) is 6.37. The molecule has 1 aromatic carbocycles. The lowest BCUT2D eigenvalue weighted by Gasteiger charge is -2.39. The number of aromatic nitrogens is 1. The number of amides is 1. The quantitative estimate of drug-likeness (QED) is 0.780. The van der Waals surface area contributed by atoms with Crippen LogP contribution in [0.15, 0.2) is 53.5 Å². The molecule has 0 unspecified atom stereocenters. The Kier molecular flexibility index (Phi) is 6.53. The average Bonchev–Trinajstić information content (AvgIpc) is 2.72. The summed E-state index contributed by atoms with van der Waals surface area (Å²) in [4.78, 5) is 38.5. The summed E-state index contributed by atoms with van der Waals surface area (Å²) < 4.78 is 6.95. The second-order valence-electron chi connectivity index (χ2n) is 9.12. The Balaban J connectivity index is 1.66. The molecule has 0 spiro atoms. The van der Waals surface area contributed by atoms with Crippen LogP contribution in [0.1, 0.15) is 40.0 Å². The predicted molar refractivity (Wildman–Crippen MR) is 118 cm³/mol. The number of carbonyl (C=O) groups is 2. The van der Waals surface area contributed by atoms with Crippen molar-refractivity contribution in [2.75, 3.05) is 13.1 Å². The Morgan fingerprint density at radius 1 is 1.06 bits per heavy atom. The Morgan fingerprint density at radius 2 is 1.71 bits per heavy atom. The molecule has 166 valence electrons. The third-order valence-electron chi connectivity index (χ3n) is 5.76. The van der Waals surface area contributed by atoms with Gasteiger partial charge in [-0.1, -0.05) is 30.3 Å². The van der Waals surface area contributed by atoms with Gasteiger partial charge in [-0.15, -0.1) is 0 Å². The second kappa shape index (κ2) is 8.96. The molecule has 2 heterocycles. The monoisotopic (exact) mass is 426 g/mol. The lowest BCUT2D eigenvalue weighted by Crippen LogP contribution is -2.48. The van der Waals surface area contributed by atoms with Crippen molar-refractivity contribution in [2.45, 2.75) is 52.2 Å². The minimum Gasteiger partial charge on any atom is -0.481 e. The van der Waals surface area contributed by atoms with E-state index in [1.807, 2.05) is 36.4 Å². The SMILES string of the molecule is CC(C)(C)OC(=O)N1CCC(CCn2ccc(-c3ccccc3)cc2=O)(C(=O)O)CC1. The van der Waals surface area contributed by atoms with Crippen LogP contribution in [-0.4, -0.2) is 45.3 Å². The van der Waals surface area contributed by atoms with Gasteiger partial charge in [0.1, 0.15) is 5.60 Å². The number of pyridine rings is 1. The molecule has 2 aromatic rings. The zero-order valence-corrected chi connectivity index (χ0v) is 18.3. The number of benzene rings is 1. The fourth-order valence-electron chi connectivity index (χ4n) is 3.85. The van der Waals surface area contributed by atoms with Crippen molar-refractivity contribution in [3.05, 3.63) is 59.0 Å². The maximum absolute atomic E-state index is 12.6. The first-order chi connectivity index (χ1) is 14.6. The minimum absolute atomic E-state index is 0.159. The van der Waals surface area contributed by atoms with E-state index < -0.39 is 23.1 Å². The van der Waals surface area contributed by atoms with Crippen LogP contribution < -0.4 is 5.56 Å². The number of aryl methyl sites for hydroxylation is 1. The van der Waals surface area contributed by atoms with E-state index in [-0.39, 0.29) is 5.56 Å². The van der Waals surface area contributed by atoms with Crippen molar-refractivity contribution in [2.24, 2.45) is 5.41 Å². The first kappa shape index (κ1) is 22.6. The van der Waals surface area contributed by atoms with Crippen molar-refractivity contribution in [3.63, 3.8) is 0 Å². The molecule has 0 saturated carbocycles. The molecule has 1 fully saturated rings. The van der Waals surface area contributed by atoms with Crippen LogP contribution >= 0.6 is 0 Å². The van der Waals surface area contributed by atoms with E-state index in [9.17, 15) is 19.5 Å². The maximum Gasteiger partial charge on any atom is 0.410 e. The van der Waals surface area contributed by atoms with Gasteiger partial charge in [0, 0.05) is 31.9 Å². The van der Waals surface area contributed by atoms with E-state index in [0.717, 1.165) is 11.1 Å². The lowest BCUT2D eigenvalue weighted by molar-refractivity contribution is -0.152. The highest BCUT2D eigenvalue weighted by Gasteiger charge is 2.42. The van der Waals surface area contributed by atoms with Crippen LogP contribution in [0.4, 0.5) is 4.79 Å². The number of hydrogen-bond acceptors (Lipinski definition) is 4. The van der Waals surface area contributed by atoms with Crippen LogP contribution in [-0.2, 0) is 16.1 Å². The number of rotatable bonds is 5. The third kappa shape index (κ3) is 5.54. The number of likely N-dealkylation sites (tertiary alicyclic amines) is 1. The van der Waals surface area contributed by atoms with Gasteiger partial charge in [0.15, 0.2) is 0 Å². The zero-order chi connectivity index (χ0) is 22.6. The summed E-state index contributed by atoms with van der Waals surface area (Å²) >= 11 is 0. The topological polar surface area (TPSA) is 88.8 Å². The molecular weight excluding hydrogens is 396 g/mol. The van der Waals surface area contributed by atoms with Crippen LogP contribution in [0.3, 0.4) is 0 Å².